The molecule has 1 N–H and O–H groups in total. The first kappa shape index (κ1) is 13.3. The molecule has 0 aliphatic carbocycles. The van der Waals surface area contributed by atoms with Crippen LogP contribution in [0.2, 0.25) is 0 Å². The predicted molar refractivity (Wildman–Crippen MR) is 66.8 cm³/mol. The van der Waals surface area contributed by atoms with Crippen molar-refractivity contribution in [3.63, 3.8) is 0 Å². The molecule has 0 spiro atoms. The van der Waals surface area contributed by atoms with Crippen molar-refractivity contribution < 1.29 is 14.6 Å². The normalized spacial score (nSPS) is 12.2. The van der Waals surface area contributed by atoms with Gasteiger partial charge in [-0.25, -0.2) is 0 Å². The van der Waals surface area contributed by atoms with E-state index in [1.54, 1.807) is 39.3 Å². The second-order valence-electron chi connectivity index (χ2n) is 4.06. The van der Waals surface area contributed by atoms with E-state index in [0.29, 0.717) is 22.9 Å². The highest BCUT2D eigenvalue weighted by Gasteiger charge is 2.12. The zero-order valence-corrected chi connectivity index (χ0v) is 11.1. The summed E-state index contributed by atoms with van der Waals surface area (Å²) in [5, 5.41) is 21.3. The van der Waals surface area contributed by atoms with Crippen molar-refractivity contribution in [2.24, 2.45) is 7.05 Å². The van der Waals surface area contributed by atoms with E-state index in [0.717, 1.165) is 0 Å². The molecule has 0 radical (unpaired) electrons. The molecule has 1 unspecified atom stereocenters. The smallest absolute Gasteiger partial charge is 0.212 e. The van der Waals surface area contributed by atoms with Gasteiger partial charge in [0.2, 0.25) is 5.82 Å². The summed E-state index contributed by atoms with van der Waals surface area (Å²) in [7, 11) is 3.26. The largest absolute Gasteiger partial charge is 0.497 e. The molecule has 102 valence electrons. The lowest BCUT2D eigenvalue weighted by Gasteiger charge is -2.13. The Kier molecular flexibility index (Phi) is 3.96. The molecular weight excluding hydrogens is 248 g/mol. The summed E-state index contributed by atoms with van der Waals surface area (Å²) < 4.78 is 10.8. The molecule has 0 aliphatic heterocycles. The molecule has 1 atom stereocenters. The van der Waals surface area contributed by atoms with Crippen LogP contribution in [-0.2, 0) is 13.7 Å². The van der Waals surface area contributed by atoms with E-state index >= 15 is 0 Å². The number of benzene rings is 1. The number of aliphatic hydroxyl groups excluding tert-OH is 1. The Hall–Kier alpha value is -2.15. The van der Waals surface area contributed by atoms with Gasteiger partial charge < -0.3 is 14.6 Å². The second kappa shape index (κ2) is 5.66. The van der Waals surface area contributed by atoms with Crippen LogP contribution >= 0.6 is 0 Å². The summed E-state index contributed by atoms with van der Waals surface area (Å²) in [4.78, 5) is 1.36. The minimum Gasteiger partial charge on any atom is -0.497 e. The molecule has 1 aromatic heterocycles. The maximum absolute atomic E-state index is 9.70. The van der Waals surface area contributed by atoms with E-state index in [1.807, 2.05) is 0 Å². The number of aryl methyl sites for hydroxylation is 1. The molecule has 0 fully saturated rings. The van der Waals surface area contributed by atoms with Gasteiger partial charge in [0, 0.05) is 11.6 Å². The van der Waals surface area contributed by atoms with Crippen LogP contribution in [0.15, 0.2) is 18.2 Å². The molecular formula is C12H16N4O3. The van der Waals surface area contributed by atoms with Gasteiger partial charge in [-0.15, -0.1) is 10.2 Å². The molecule has 7 heteroatoms. The highest BCUT2D eigenvalue weighted by Crippen LogP contribution is 2.29. The van der Waals surface area contributed by atoms with E-state index in [2.05, 4.69) is 15.4 Å². The van der Waals surface area contributed by atoms with Gasteiger partial charge in [0.25, 0.3) is 0 Å². The van der Waals surface area contributed by atoms with Crippen molar-refractivity contribution in [1.82, 2.24) is 20.2 Å². The van der Waals surface area contributed by atoms with Gasteiger partial charge in [-0.05, 0) is 24.3 Å². The summed E-state index contributed by atoms with van der Waals surface area (Å²) in [6, 6.07) is 5.26. The van der Waals surface area contributed by atoms with Crippen molar-refractivity contribution in [3.8, 4) is 11.5 Å². The zero-order chi connectivity index (χ0) is 13.8. The Labute approximate surface area is 110 Å². The lowest BCUT2D eigenvalue weighted by Crippen LogP contribution is -2.03. The topological polar surface area (TPSA) is 82.3 Å². The van der Waals surface area contributed by atoms with Crippen LogP contribution < -0.4 is 9.47 Å². The number of aromatic nitrogens is 4. The molecule has 7 nitrogen and oxygen atoms in total. The van der Waals surface area contributed by atoms with Gasteiger partial charge in [-0.3, -0.25) is 0 Å². The summed E-state index contributed by atoms with van der Waals surface area (Å²) in [5.41, 5.74) is 0.685. The molecule has 19 heavy (non-hydrogen) atoms. The Morgan fingerprint density at radius 1 is 1.42 bits per heavy atom. The molecule has 2 aromatic rings. The fraction of sp³-hybridized carbons (Fsp3) is 0.417. The molecule has 0 saturated heterocycles. The maximum atomic E-state index is 9.70. The summed E-state index contributed by atoms with van der Waals surface area (Å²) in [6.07, 6.45) is -0.629. The van der Waals surface area contributed by atoms with E-state index < -0.39 is 6.10 Å². The van der Waals surface area contributed by atoms with E-state index in [1.165, 1.54) is 4.80 Å². The lowest BCUT2D eigenvalue weighted by molar-refractivity contribution is 0.189. The van der Waals surface area contributed by atoms with Crippen molar-refractivity contribution in [2.45, 2.75) is 19.6 Å². The van der Waals surface area contributed by atoms with Gasteiger partial charge in [-0.2, -0.15) is 4.80 Å². The third-order valence-corrected chi connectivity index (χ3v) is 2.58. The lowest BCUT2D eigenvalue weighted by atomic mass is 10.1. The molecule has 1 heterocycles. The van der Waals surface area contributed by atoms with Crippen LogP contribution in [0.5, 0.6) is 11.5 Å². The quantitative estimate of drug-likeness (QED) is 0.862. The number of hydrogen-bond donors (Lipinski definition) is 1. The molecule has 0 saturated carbocycles. The van der Waals surface area contributed by atoms with Crippen LogP contribution in [0.1, 0.15) is 24.4 Å². The minimum absolute atomic E-state index is 0.181. The fourth-order valence-electron chi connectivity index (χ4n) is 1.64. The fourth-order valence-corrected chi connectivity index (χ4v) is 1.64. The van der Waals surface area contributed by atoms with Gasteiger partial charge in [-0.1, -0.05) is 0 Å². The number of ether oxygens (including phenoxy) is 2. The molecule has 1 aromatic carbocycles. The minimum atomic E-state index is -0.629. The van der Waals surface area contributed by atoms with Crippen LogP contribution in [0, 0.1) is 0 Å². The first-order chi connectivity index (χ1) is 9.10. The van der Waals surface area contributed by atoms with Gasteiger partial charge in [0.15, 0.2) is 6.61 Å². The molecule has 0 aliphatic rings. The molecule has 2 rings (SSSR count). The first-order valence-corrected chi connectivity index (χ1v) is 5.82. The molecule has 0 bridgehead atoms. The van der Waals surface area contributed by atoms with E-state index in [-0.39, 0.29) is 6.61 Å². The Morgan fingerprint density at radius 2 is 2.21 bits per heavy atom. The van der Waals surface area contributed by atoms with Crippen LogP contribution in [0.25, 0.3) is 0 Å². The average molecular weight is 264 g/mol. The zero-order valence-electron chi connectivity index (χ0n) is 11.1. The van der Waals surface area contributed by atoms with Crippen LogP contribution in [0.3, 0.4) is 0 Å². The van der Waals surface area contributed by atoms with Crippen molar-refractivity contribution >= 4 is 0 Å². The summed E-state index contributed by atoms with van der Waals surface area (Å²) in [6.45, 7) is 1.86. The summed E-state index contributed by atoms with van der Waals surface area (Å²) in [5.74, 6) is 1.68. The van der Waals surface area contributed by atoms with Crippen molar-refractivity contribution in [3.05, 3.63) is 29.6 Å². The van der Waals surface area contributed by atoms with Gasteiger partial charge >= 0.3 is 0 Å². The maximum Gasteiger partial charge on any atom is 0.212 e. The van der Waals surface area contributed by atoms with E-state index in [9.17, 15) is 5.11 Å². The number of methoxy groups -OCH3 is 1. The van der Waals surface area contributed by atoms with Gasteiger partial charge in [0.1, 0.15) is 11.5 Å². The Balaban J connectivity index is 2.17. The second-order valence-corrected chi connectivity index (χ2v) is 4.06. The first-order valence-electron chi connectivity index (χ1n) is 5.82. The standard InChI is InChI=1S/C12H16N4O3/c1-8(17)10-5-4-9(18-3)6-11(10)19-7-12-13-15-16(2)14-12/h4-6,8,17H,7H2,1-3H3. The van der Waals surface area contributed by atoms with Gasteiger partial charge in [0.05, 0.1) is 20.3 Å². The SMILES string of the molecule is COc1ccc(C(C)O)c(OCc2nnn(C)n2)c1. The number of aliphatic hydroxyl groups is 1. The summed E-state index contributed by atoms with van der Waals surface area (Å²) >= 11 is 0. The molecule has 0 amide bonds. The predicted octanol–water partition coefficient (Wildman–Crippen LogP) is 0.851. The number of rotatable bonds is 5. The van der Waals surface area contributed by atoms with E-state index in [4.69, 9.17) is 9.47 Å². The van der Waals surface area contributed by atoms with Crippen molar-refractivity contribution in [1.29, 1.82) is 0 Å². The van der Waals surface area contributed by atoms with Crippen LogP contribution in [-0.4, -0.2) is 32.4 Å². The monoisotopic (exact) mass is 264 g/mol. The third-order valence-electron chi connectivity index (χ3n) is 2.58. The van der Waals surface area contributed by atoms with Crippen molar-refractivity contribution in [2.75, 3.05) is 7.11 Å². The average Bonchev–Trinajstić information content (AvgIpc) is 2.81. The Bertz CT molecular complexity index is 554. The van der Waals surface area contributed by atoms with Crippen LogP contribution in [0.4, 0.5) is 0 Å². The number of hydrogen-bond acceptors (Lipinski definition) is 6. The highest BCUT2D eigenvalue weighted by atomic mass is 16.5. The number of tetrazole rings is 1. The highest BCUT2D eigenvalue weighted by molar-refractivity contribution is 5.41. The third kappa shape index (κ3) is 3.19. The number of nitrogens with zero attached hydrogens (tertiary/aromatic N) is 4. The Morgan fingerprint density at radius 3 is 2.79 bits per heavy atom.